The van der Waals surface area contributed by atoms with Crippen molar-refractivity contribution in [2.75, 3.05) is 5.32 Å². The molecule has 0 fully saturated rings. The number of amides is 2. The van der Waals surface area contributed by atoms with Gasteiger partial charge in [0.2, 0.25) is 5.91 Å². The number of carbonyl (C=O) groups is 2. The molecule has 154 valence electrons. The topological polar surface area (TPSA) is 71.1 Å². The van der Waals surface area contributed by atoms with Gasteiger partial charge in [-0.3, -0.25) is 14.6 Å². The molecule has 0 aliphatic rings. The summed E-state index contributed by atoms with van der Waals surface area (Å²) in [6.45, 7) is 2.32. The standard InChI is InChI=1S/C23H22ClN3O2S/c1-2-21(30-18-11-9-17(24)10-12-18)23(29)27-20-8-4-3-7-19(20)22(28)26-15-16-6-5-13-25-14-16/h3-14,21H,2,15H2,1H3,(H,26,28)(H,27,29)/t21-/m0/s1. The van der Waals surface area contributed by atoms with E-state index in [4.69, 9.17) is 11.6 Å². The smallest absolute Gasteiger partial charge is 0.253 e. The molecule has 2 N–H and O–H groups in total. The molecule has 0 aliphatic carbocycles. The normalized spacial score (nSPS) is 11.5. The fourth-order valence-electron chi connectivity index (χ4n) is 2.78. The maximum Gasteiger partial charge on any atom is 0.253 e. The van der Waals surface area contributed by atoms with Crippen molar-refractivity contribution in [3.05, 3.63) is 89.2 Å². The van der Waals surface area contributed by atoms with Crippen LogP contribution in [0.2, 0.25) is 5.02 Å². The predicted molar refractivity (Wildman–Crippen MR) is 122 cm³/mol. The minimum Gasteiger partial charge on any atom is -0.348 e. The zero-order valence-corrected chi connectivity index (χ0v) is 18.0. The average molecular weight is 440 g/mol. The number of pyridine rings is 1. The molecule has 3 rings (SSSR count). The second-order valence-corrected chi connectivity index (χ2v) is 8.26. The number of rotatable bonds is 8. The molecule has 0 unspecified atom stereocenters. The number of anilines is 1. The highest BCUT2D eigenvalue weighted by Gasteiger charge is 2.20. The van der Waals surface area contributed by atoms with Crippen LogP contribution in [0.15, 0.2) is 78.0 Å². The summed E-state index contributed by atoms with van der Waals surface area (Å²) in [4.78, 5) is 30.6. The number of nitrogens with one attached hydrogen (secondary N) is 2. The largest absolute Gasteiger partial charge is 0.348 e. The number of hydrogen-bond donors (Lipinski definition) is 2. The molecule has 1 aromatic heterocycles. The Labute approximate surface area is 185 Å². The Bertz CT molecular complexity index is 997. The Hall–Kier alpha value is -2.83. The van der Waals surface area contributed by atoms with Crippen LogP contribution in [0.25, 0.3) is 0 Å². The van der Waals surface area contributed by atoms with Crippen LogP contribution in [0.4, 0.5) is 5.69 Å². The molecule has 0 saturated carbocycles. The van der Waals surface area contributed by atoms with Crippen molar-refractivity contribution in [1.29, 1.82) is 0 Å². The van der Waals surface area contributed by atoms with Crippen molar-refractivity contribution in [3.63, 3.8) is 0 Å². The molecule has 0 bridgehead atoms. The van der Waals surface area contributed by atoms with Crippen LogP contribution in [-0.2, 0) is 11.3 Å². The number of aromatic nitrogens is 1. The van der Waals surface area contributed by atoms with Crippen molar-refractivity contribution >= 4 is 40.9 Å². The van der Waals surface area contributed by atoms with Crippen LogP contribution in [0, 0.1) is 0 Å². The van der Waals surface area contributed by atoms with Crippen molar-refractivity contribution in [2.45, 2.75) is 30.0 Å². The van der Waals surface area contributed by atoms with Crippen LogP contribution < -0.4 is 10.6 Å². The molecular weight excluding hydrogens is 418 g/mol. The number of para-hydroxylation sites is 1. The Kier molecular flexibility index (Phi) is 7.88. The lowest BCUT2D eigenvalue weighted by Gasteiger charge is -2.17. The molecule has 0 aliphatic heterocycles. The summed E-state index contributed by atoms with van der Waals surface area (Å²) in [5, 5.41) is 6.14. The third kappa shape index (κ3) is 6.08. The van der Waals surface area contributed by atoms with Gasteiger partial charge in [0.15, 0.2) is 0 Å². The van der Waals surface area contributed by atoms with E-state index in [2.05, 4.69) is 15.6 Å². The van der Waals surface area contributed by atoms with Crippen molar-refractivity contribution in [3.8, 4) is 0 Å². The number of carbonyl (C=O) groups excluding carboxylic acids is 2. The maximum atomic E-state index is 12.9. The molecule has 2 amide bonds. The number of hydrogen-bond acceptors (Lipinski definition) is 4. The average Bonchev–Trinajstić information content (AvgIpc) is 2.78. The minimum atomic E-state index is -0.294. The maximum absolute atomic E-state index is 12.9. The SMILES string of the molecule is CC[C@H](Sc1ccc(Cl)cc1)C(=O)Nc1ccccc1C(=O)NCc1cccnc1. The summed E-state index contributed by atoms with van der Waals surface area (Å²) in [6, 6.07) is 18.1. The van der Waals surface area contributed by atoms with Crippen LogP contribution in [-0.4, -0.2) is 22.0 Å². The first kappa shape index (κ1) is 21.9. The predicted octanol–water partition coefficient (Wildman–Crippen LogP) is 5.17. The van der Waals surface area contributed by atoms with E-state index < -0.39 is 0 Å². The first-order valence-electron chi connectivity index (χ1n) is 9.56. The molecular formula is C23H22ClN3O2S. The Morgan fingerprint density at radius 3 is 2.53 bits per heavy atom. The zero-order valence-electron chi connectivity index (χ0n) is 16.5. The quantitative estimate of drug-likeness (QED) is 0.475. The highest BCUT2D eigenvalue weighted by Crippen LogP contribution is 2.28. The molecule has 3 aromatic rings. The number of thioether (sulfide) groups is 1. The van der Waals surface area contributed by atoms with Gasteiger partial charge < -0.3 is 10.6 Å². The van der Waals surface area contributed by atoms with Gasteiger partial charge >= 0.3 is 0 Å². The third-order valence-corrected chi connectivity index (χ3v) is 5.99. The lowest BCUT2D eigenvalue weighted by atomic mass is 10.1. The van der Waals surface area contributed by atoms with E-state index in [0.717, 1.165) is 10.5 Å². The van der Waals surface area contributed by atoms with E-state index in [1.165, 1.54) is 11.8 Å². The summed E-state index contributed by atoms with van der Waals surface area (Å²) >= 11 is 7.40. The third-order valence-electron chi connectivity index (χ3n) is 4.36. The first-order valence-corrected chi connectivity index (χ1v) is 10.8. The van der Waals surface area contributed by atoms with E-state index >= 15 is 0 Å². The monoisotopic (exact) mass is 439 g/mol. The van der Waals surface area contributed by atoms with Crippen LogP contribution in [0.5, 0.6) is 0 Å². The summed E-state index contributed by atoms with van der Waals surface area (Å²) in [5.74, 6) is -0.405. The second-order valence-electron chi connectivity index (χ2n) is 6.55. The van der Waals surface area contributed by atoms with E-state index in [1.54, 1.807) is 48.8 Å². The second kappa shape index (κ2) is 10.8. The van der Waals surface area contributed by atoms with Gasteiger partial charge in [-0.25, -0.2) is 0 Å². The van der Waals surface area contributed by atoms with Gasteiger partial charge in [0, 0.05) is 28.9 Å². The van der Waals surface area contributed by atoms with Crippen LogP contribution >= 0.6 is 23.4 Å². The summed E-state index contributed by atoms with van der Waals surface area (Å²) in [7, 11) is 0. The zero-order chi connectivity index (χ0) is 21.3. The van der Waals surface area contributed by atoms with E-state index in [0.29, 0.717) is 29.2 Å². The van der Waals surface area contributed by atoms with Gasteiger partial charge in [-0.15, -0.1) is 11.8 Å². The lowest BCUT2D eigenvalue weighted by molar-refractivity contribution is -0.115. The molecule has 0 saturated heterocycles. The molecule has 7 heteroatoms. The highest BCUT2D eigenvalue weighted by molar-refractivity contribution is 8.00. The van der Waals surface area contributed by atoms with Crippen molar-refractivity contribution in [2.24, 2.45) is 0 Å². The highest BCUT2D eigenvalue weighted by atomic mass is 35.5. The molecule has 5 nitrogen and oxygen atoms in total. The first-order chi connectivity index (χ1) is 14.6. The molecule has 2 aromatic carbocycles. The molecule has 0 spiro atoms. The Balaban J connectivity index is 1.67. The van der Waals surface area contributed by atoms with Crippen molar-refractivity contribution in [1.82, 2.24) is 10.3 Å². The summed E-state index contributed by atoms with van der Waals surface area (Å²) in [5.41, 5.74) is 1.81. The molecule has 1 atom stereocenters. The summed E-state index contributed by atoms with van der Waals surface area (Å²) in [6.07, 6.45) is 4.03. The van der Waals surface area contributed by atoms with Crippen LogP contribution in [0.3, 0.4) is 0 Å². The van der Waals surface area contributed by atoms with Gasteiger partial charge in [-0.05, 0) is 54.4 Å². The summed E-state index contributed by atoms with van der Waals surface area (Å²) < 4.78 is 0. The van der Waals surface area contributed by atoms with Crippen molar-refractivity contribution < 1.29 is 9.59 Å². The van der Waals surface area contributed by atoms with Gasteiger partial charge in [-0.2, -0.15) is 0 Å². The van der Waals surface area contributed by atoms with Gasteiger partial charge in [0.05, 0.1) is 16.5 Å². The van der Waals surface area contributed by atoms with Gasteiger partial charge in [0.1, 0.15) is 0 Å². The van der Waals surface area contributed by atoms with E-state index in [9.17, 15) is 9.59 Å². The number of nitrogens with zero attached hydrogens (tertiary/aromatic N) is 1. The Morgan fingerprint density at radius 2 is 1.83 bits per heavy atom. The molecule has 0 radical (unpaired) electrons. The van der Waals surface area contributed by atoms with E-state index in [-0.39, 0.29) is 17.1 Å². The fourth-order valence-corrected chi connectivity index (χ4v) is 3.86. The van der Waals surface area contributed by atoms with Crippen LogP contribution in [0.1, 0.15) is 29.3 Å². The fraction of sp³-hybridized carbons (Fsp3) is 0.174. The lowest BCUT2D eigenvalue weighted by Crippen LogP contribution is -2.28. The minimum absolute atomic E-state index is 0.148. The van der Waals surface area contributed by atoms with Gasteiger partial charge in [0.25, 0.3) is 5.91 Å². The van der Waals surface area contributed by atoms with Gasteiger partial charge in [-0.1, -0.05) is 36.7 Å². The number of benzene rings is 2. The van der Waals surface area contributed by atoms with E-state index in [1.807, 2.05) is 31.2 Å². The Morgan fingerprint density at radius 1 is 1.07 bits per heavy atom. The molecule has 30 heavy (non-hydrogen) atoms. The number of halogens is 1. The molecule has 1 heterocycles.